The lowest BCUT2D eigenvalue weighted by molar-refractivity contribution is -0.153. The van der Waals surface area contributed by atoms with Crippen LogP contribution >= 0.6 is 0 Å². The van der Waals surface area contributed by atoms with E-state index in [-0.39, 0.29) is 12.1 Å². The van der Waals surface area contributed by atoms with Crippen molar-refractivity contribution in [2.45, 2.75) is 18.9 Å². The van der Waals surface area contributed by atoms with Crippen molar-refractivity contribution in [2.75, 3.05) is 14.2 Å². The van der Waals surface area contributed by atoms with Crippen molar-refractivity contribution in [1.82, 2.24) is 0 Å². The van der Waals surface area contributed by atoms with Gasteiger partial charge in [0.15, 0.2) is 6.10 Å². The first-order chi connectivity index (χ1) is 4.79. The fourth-order valence-corrected chi connectivity index (χ4v) is 0.996. The summed E-state index contributed by atoms with van der Waals surface area (Å²) in [5, 5.41) is 0. The van der Waals surface area contributed by atoms with Gasteiger partial charge in [-0.05, 0) is 18.8 Å². The number of carbonyl (C=O) groups excluding carboxylic acids is 1. The Bertz CT molecular complexity index is 129. The minimum Gasteiger partial charge on any atom is -0.467 e. The van der Waals surface area contributed by atoms with Crippen LogP contribution in [0.25, 0.3) is 0 Å². The highest BCUT2D eigenvalue weighted by atomic mass is 16.6. The van der Waals surface area contributed by atoms with E-state index in [0.29, 0.717) is 5.92 Å². The fourth-order valence-electron chi connectivity index (χ4n) is 0.996. The van der Waals surface area contributed by atoms with Crippen molar-refractivity contribution in [3.05, 3.63) is 0 Å². The molecule has 0 radical (unpaired) electrons. The maximum absolute atomic E-state index is 10.9. The van der Waals surface area contributed by atoms with E-state index in [1.165, 1.54) is 7.11 Å². The molecule has 0 aromatic rings. The second-order valence-corrected chi connectivity index (χ2v) is 2.52. The number of hydrogen-bond donors (Lipinski definition) is 0. The van der Waals surface area contributed by atoms with Gasteiger partial charge < -0.3 is 9.47 Å². The SMILES string of the molecule is COC(=O)[C@@H](OC)C1CC1. The van der Waals surface area contributed by atoms with E-state index < -0.39 is 0 Å². The van der Waals surface area contributed by atoms with Crippen molar-refractivity contribution in [2.24, 2.45) is 5.92 Å². The van der Waals surface area contributed by atoms with Gasteiger partial charge >= 0.3 is 5.97 Å². The zero-order chi connectivity index (χ0) is 7.56. The maximum Gasteiger partial charge on any atom is 0.335 e. The number of methoxy groups -OCH3 is 2. The molecule has 10 heavy (non-hydrogen) atoms. The molecule has 0 N–H and O–H groups in total. The molecule has 3 heteroatoms. The highest BCUT2D eigenvalue weighted by Gasteiger charge is 2.36. The lowest BCUT2D eigenvalue weighted by Crippen LogP contribution is -2.26. The molecule has 0 heterocycles. The molecule has 0 aromatic heterocycles. The molecular formula is C7H12O3. The zero-order valence-electron chi connectivity index (χ0n) is 6.29. The Hall–Kier alpha value is -0.570. The number of rotatable bonds is 3. The summed E-state index contributed by atoms with van der Waals surface area (Å²) in [6.45, 7) is 0. The van der Waals surface area contributed by atoms with Gasteiger partial charge in [-0.1, -0.05) is 0 Å². The molecule has 3 nitrogen and oxygen atoms in total. The first kappa shape index (κ1) is 7.54. The van der Waals surface area contributed by atoms with E-state index in [0.717, 1.165) is 12.8 Å². The standard InChI is InChI=1S/C7H12O3/c1-9-6(5-3-4-5)7(8)10-2/h5-6H,3-4H2,1-2H3/t6-/m0/s1. The molecule has 1 atom stereocenters. The highest BCUT2D eigenvalue weighted by molar-refractivity contribution is 5.75. The molecule has 58 valence electrons. The average Bonchev–Trinajstić information content (AvgIpc) is 2.73. The Balaban J connectivity index is 2.38. The lowest BCUT2D eigenvalue weighted by atomic mass is 10.2. The van der Waals surface area contributed by atoms with Crippen molar-refractivity contribution in [3.63, 3.8) is 0 Å². The van der Waals surface area contributed by atoms with E-state index in [2.05, 4.69) is 4.74 Å². The van der Waals surface area contributed by atoms with E-state index in [9.17, 15) is 4.79 Å². The Labute approximate surface area is 60.3 Å². The largest absolute Gasteiger partial charge is 0.467 e. The lowest BCUT2D eigenvalue weighted by Gasteiger charge is -2.10. The predicted molar refractivity (Wildman–Crippen MR) is 35.5 cm³/mol. The third-order valence-electron chi connectivity index (χ3n) is 1.74. The van der Waals surface area contributed by atoms with Gasteiger partial charge in [0.05, 0.1) is 7.11 Å². The summed E-state index contributed by atoms with van der Waals surface area (Å²) >= 11 is 0. The summed E-state index contributed by atoms with van der Waals surface area (Å²) in [4.78, 5) is 10.9. The van der Waals surface area contributed by atoms with Crippen LogP contribution in [0.15, 0.2) is 0 Å². The van der Waals surface area contributed by atoms with Gasteiger partial charge in [-0.3, -0.25) is 0 Å². The molecule has 0 bridgehead atoms. The molecule has 1 aliphatic rings. The molecule has 1 fully saturated rings. The van der Waals surface area contributed by atoms with Gasteiger partial charge in [-0.25, -0.2) is 4.79 Å². The molecule has 0 spiro atoms. The summed E-state index contributed by atoms with van der Waals surface area (Å²) in [6, 6.07) is 0. The number of hydrogen-bond acceptors (Lipinski definition) is 3. The smallest absolute Gasteiger partial charge is 0.335 e. The Kier molecular flexibility index (Phi) is 2.27. The molecule has 1 aliphatic carbocycles. The second kappa shape index (κ2) is 3.01. The van der Waals surface area contributed by atoms with Crippen molar-refractivity contribution < 1.29 is 14.3 Å². The molecule has 0 amide bonds. The van der Waals surface area contributed by atoms with Gasteiger partial charge in [-0.15, -0.1) is 0 Å². The van der Waals surface area contributed by atoms with Crippen LogP contribution < -0.4 is 0 Å². The quantitative estimate of drug-likeness (QED) is 0.544. The number of esters is 1. The van der Waals surface area contributed by atoms with E-state index in [1.807, 2.05) is 0 Å². The first-order valence-electron chi connectivity index (χ1n) is 3.40. The monoisotopic (exact) mass is 144 g/mol. The Morgan fingerprint density at radius 2 is 2.10 bits per heavy atom. The number of carbonyl (C=O) groups is 1. The van der Waals surface area contributed by atoms with E-state index in [4.69, 9.17) is 4.74 Å². The average molecular weight is 144 g/mol. The fraction of sp³-hybridized carbons (Fsp3) is 0.857. The van der Waals surface area contributed by atoms with Crippen LogP contribution in [0, 0.1) is 5.92 Å². The molecule has 1 saturated carbocycles. The van der Waals surface area contributed by atoms with Gasteiger partial charge in [0.2, 0.25) is 0 Å². The molecular weight excluding hydrogens is 132 g/mol. The van der Waals surface area contributed by atoms with Crippen molar-refractivity contribution >= 4 is 5.97 Å². The molecule has 0 unspecified atom stereocenters. The Morgan fingerprint density at radius 3 is 2.40 bits per heavy atom. The summed E-state index contributed by atoms with van der Waals surface area (Å²) in [5.74, 6) is 0.169. The summed E-state index contributed by atoms with van der Waals surface area (Å²) < 4.78 is 9.49. The summed E-state index contributed by atoms with van der Waals surface area (Å²) in [7, 11) is 2.93. The molecule has 1 rings (SSSR count). The highest BCUT2D eigenvalue weighted by Crippen LogP contribution is 2.34. The van der Waals surface area contributed by atoms with Gasteiger partial charge in [0.1, 0.15) is 0 Å². The molecule has 0 aliphatic heterocycles. The first-order valence-corrected chi connectivity index (χ1v) is 3.40. The third-order valence-corrected chi connectivity index (χ3v) is 1.74. The van der Waals surface area contributed by atoms with Gasteiger partial charge in [0.25, 0.3) is 0 Å². The van der Waals surface area contributed by atoms with Crippen LogP contribution in [0.5, 0.6) is 0 Å². The molecule has 0 aromatic carbocycles. The number of ether oxygens (including phenoxy) is 2. The van der Waals surface area contributed by atoms with Crippen LogP contribution in [0.1, 0.15) is 12.8 Å². The van der Waals surface area contributed by atoms with Crippen LogP contribution in [0.4, 0.5) is 0 Å². The maximum atomic E-state index is 10.9. The van der Waals surface area contributed by atoms with Crippen LogP contribution in [-0.2, 0) is 14.3 Å². The normalized spacial score (nSPS) is 20.2. The van der Waals surface area contributed by atoms with Crippen LogP contribution in [0.3, 0.4) is 0 Å². The summed E-state index contributed by atoms with van der Waals surface area (Å²) in [6.07, 6.45) is 1.87. The second-order valence-electron chi connectivity index (χ2n) is 2.52. The minimum absolute atomic E-state index is 0.245. The van der Waals surface area contributed by atoms with Gasteiger partial charge in [0, 0.05) is 7.11 Å². The zero-order valence-corrected chi connectivity index (χ0v) is 6.29. The minimum atomic E-state index is -0.315. The van der Waals surface area contributed by atoms with Crippen LogP contribution in [0.2, 0.25) is 0 Å². The van der Waals surface area contributed by atoms with Gasteiger partial charge in [-0.2, -0.15) is 0 Å². The third kappa shape index (κ3) is 1.48. The predicted octanol–water partition coefficient (Wildman–Crippen LogP) is 0.584. The van der Waals surface area contributed by atoms with E-state index >= 15 is 0 Å². The van der Waals surface area contributed by atoms with Crippen LogP contribution in [-0.4, -0.2) is 26.3 Å². The summed E-state index contributed by atoms with van der Waals surface area (Å²) in [5.41, 5.74) is 0. The van der Waals surface area contributed by atoms with Crippen molar-refractivity contribution in [1.29, 1.82) is 0 Å². The van der Waals surface area contributed by atoms with E-state index in [1.54, 1.807) is 7.11 Å². The topological polar surface area (TPSA) is 35.5 Å². The molecule has 0 saturated heterocycles. The Morgan fingerprint density at radius 1 is 1.50 bits per heavy atom. The van der Waals surface area contributed by atoms with Crippen molar-refractivity contribution in [3.8, 4) is 0 Å².